The summed E-state index contributed by atoms with van der Waals surface area (Å²) in [4.78, 5) is 6.73. The zero-order valence-electron chi connectivity index (χ0n) is 14.7. The molecule has 0 unspecified atom stereocenters. The summed E-state index contributed by atoms with van der Waals surface area (Å²) in [5, 5.41) is 8.03. The van der Waals surface area contributed by atoms with Crippen LogP contribution in [0.15, 0.2) is 39.4 Å². The lowest BCUT2D eigenvalue weighted by Gasteiger charge is -2.30. The first-order valence-corrected chi connectivity index (χ1v) is 8.45. The summed E-state index contributed by atoms with van der Waals surface area (Å²) in [6.45, 7) is 4.68. The molecule has 8 nitrogen and oxygen atoms in total. The lowest BCUT2D eigenvalue weighted by molar-refractivity contribution is -0.0401. The summed E-state index contributed by atoms with van der Waals surface area (Å²) < 4.78 is 21.7. The molecule has 136 valence electrons. The van der Waals surface area contributed by atoms with Gasteiger partial charge in [-0.25, -0.2) is 0 Å². The second-order valence-electron chi connectivity index (χ2n) is 6.22. The Bertz CT molecular complexity index is 858. The maximum absolute atomic E-state index is 5.83. The van der Waals surface area contributed by atoms with E-state index in [9.17, 15) is 0 Å². The quantitative estimate of drug-likeness (QED) is 0.689. The van der Waals surface area contributed by atoms with E-state index in [2.05, 4.69) is 20.2 Å². The highest BCUT2D eigenvalue weighted by molar-refractivity contribution is 5.54. The van der Waals surface area contributed by atoms with Crippen LogP contribution in [0.2, 0.25) is 0 Å². The van der Waals surface area contributed by atoms with Crippen LogP contribution >= 0.6 is 0 Å². The molecule has 8 heteroatoms. The van der Waals surface area contributed by atoms with Gasteiger partial charge in [0.1, 0.15) is 11.9 Å². The van der Waals surface area contributed by atoms with Crippen molar-refractivity contribution >= 4 is 0 Å². The molecule has 1 aliphatic heterocycles. The zero-order chi connectivity index (χ0) is 17.9. The van der Waals surface area contributed by atoms with E-state index in [0.29, 0.717) is 31.4 Å². The van der Waals surface area contributed by atoms with Crippen LogP contribution in [-0.4, -0.2) is 47.0 Å². The Hall–Kier alpha value is -2.71. The lowest BCUT2D eigenvalue weighted by Crippen LogP contribution is -2.38. The minimum absolute atomic E-state index is 0.233. The van der Waals surface area contributed by atoms with Gasteiger partial charge in [-0.2, -0.15) is 4.98 Å². The molecule has 3 aromatic rings. The van der Waals surface area contributed by atoms with Gasteiger partial charge >= 0.3 is 0 Å². The van der Waals surface area contributed by atoms with Gasteiger partial charge in [-0.05, 0) is 31.2 Å². The standard InChI is InChI=1S/C18H20N4O4/c1-12-9-15(25-20-12)10-22-7-8-24-16(11-22)17-19-18(26-21-17)13-3-5-14(23-2)6-4-13/h3-6,9,16H,7-8,10-11H2,1-2H3/t16-/m0/s1. The van der Waals surface area contributed by atoms with E-state index in [1.54, 1.807) is 7.11 Å². The minimum Gasteiger partial charge on any atom is -0.497 e. The van der Waals surface area contributed by atoms with Crippen LogP contribution in [0.25, 0.3) is 11.5 Å². The zero-order valence-corrected chi connectivity index (χ0v) is 14.7. The van der Waals surface area contributed by atoms with Crippen molar-refractivity contribution in [3.8, 4) is 17.2 Å². The number of hydrogen-bond acceptors (Lipinski definition) is 8. The molecule has 1 fully saturated rings. The molecule has 0 amide bonds. The fraction of sp³-hybridized carbons (Fsp3) is 0.389. The molecule has 1 atom stereocenters. The first-order chi connectivity index (χ1) is 12.7. The summed E-state index contributed by atoms with van der Waals surface area (Å²) >= 11 is 0. The molecule has 2 aromatic heterocycles. The second kappa shape index (κ2) is 7.27. The topological polar surface area (TPSA) is 86.7 Å². The van der Waals surface area contributed by atoms with Crippen LogP contribution in [0.1, 0.15) is 23.4 Å². The van der Waals surface area contributed by atoms with E-state index in [1.165, 1.54) is 0 Å². The van der Waals surface area contributed by atoms with Gasteiger partial charge in [0.05, 0.1) is 26.0 Å². The summed E-state index contributed by atoms with van der Waals surface area (Å²) in [5.41, 5.74) is 1.72. The molecule has 0 radical (unpaired) electrons. The number of methoxy groups -OCH3 is 1. The van der Waals surface area contributed by atoms with Gasteiger partial charge < -0.3 is 18.5 Å². The SMILES string of the molecule is COc1ccc(-c2nc([C@@H]3CN(Cc4cc(C)no4)CCO3)no2)cc1. The number of aromatic nitrogens is 3. The number of aryl methyl sites for hydroxylation is 1. The van der Waals surface area contributed by atoms with Crippen LogP contribution in [0.3, 0.4) is 0 Å². The molecule has 0 bridgehead atoms. The maximum atomic E-state index is 5.83. The second-order valence-corrected chi connectivity index (χ2v) is 6.22. The number of hydrogen-bond donors (Lipinski definition) is 0. The third kappa shape index (κ3) is 3.61. The molecule has 0 saturated carbocycles. The van der Waals surface area contributed by atoms with E-state index < -0.39 is 0 Å². The Kier molecular flexibility index (Phi) is 4.68. The van der Waals surface area contributed by atoms with Gasteiger partial charge in [0, 0.05) is 24.7 Å². The molecule has 0 spiro atoms. The van der Waals surface area contributed by atoms with Crippen molar-refractivity contribution in [2.75, 3.05) is 26.8 Å². The van der Waals surface area contributed by atoms with Gasteiger partial charge in [0.2, 0.25) is 5.82 Å². The van der Waals surface area contributed by atoms with Gasteiger partial charge in [0.25, 0.3) is 5.89 Å². The van der Waals surface area contributed by atoms with E-state index in [-0.39, 0.29) is 6.10 Å². The van der Waals surface area contributed by atoms with E-state index >= 15 is 0 Å². The highest BCUT2D eigenvalue weighted by Gasteiger charge is 2.27. The van der Waals surface area contributed by atoms with Crippen LogP contribution in [0.4, 0.5) is 0 Å². The molecule has 1 aromatic carbocycles. The smallest absolute Gasteiger partial charge is 0.258 e. The van der Waals surface area contributed by atoms with Crippen molar-refractivity contribution in [2.45, 2.75) is 19.6 Å². The summed E-state index contributed by atoms with van der Waals surface area (Å²) in [6.07, 6.45) is -0.233. The van der Waals surface area contributed by atoms with E-state index in [4.69, 9.17) is 18.5 Å². The fourth-order valence-corrected chi connectivity index (χ4v) is 2.93. The largest absolute Gasteiger partial charge is 0.497 e. The van der Waals surface area contributed by atoms with Crippen molar-refractivity contribution in [3.63, 3.8) is 0 Å². The van der Waals surface area contributed by atoms with E-state index in [1.807, 2.05) is 37.3 Å². The monoisotopic (exact) mass is 356 g/mol. The maximum Gasteiger partial charge on any atom is 0.258 e. The Balaban J connectivity index is 1.44. The fourth-order valence-electron chi connectivity index (χ4n) is 2.93. The Morgan fingerprint density at radius 1 is 1.19 bits per heavy atom. The molecule has 26 heavy (non-hydrogen) atoms. The van der Waals surface area contributed by atoms with Crippen LogP contribution in [0, 0.1) is 6.92 Å². The number of ether oxygens (including phenoxy) is 2. The number of morpholine rings is 1. The predicted octanol–water partition coefficient (Wildman–Crippen LogP) is 2.62. The average molecular weight is 356 g/mol. The van der Waals surface area contributed by atoms with Crippen LogP contribution in [0.5, 0.6) is 5.75 Å². The molecule has 3 heterocycles. The predicted molar refractivity (Wildman–Crippen MR) is 91.5 cm³/mol. The number of benzene rings is 1. The summed E-state index contributed by atoms with van der Waals surface area (Å²) in [7, 11) is 1.63. The van der Waals surface area contributed by atoms with Gasteiger partial charge in [-0.3, -0.25) is 4.90 Å². The Labute approximate surface area is 150 Å². The molecule has 1 aliphatic rings. The van der Waals surface area contributed by atoms with Gasteiger partial charge in [-0.1, -0.05) is 10.3 Å². The molecule has 1 saturated heterocycles. The first-order valence-electron chi connectivity index (χ1n) is 8.45. The summed E-state index contributed by atoms with van der Waals surface area (Å²) in [6, 6.07) is 9.43. The Morgan fingerprint density at radius 3 is 2.77 bits per heavy atom. The normalized spacial score (nSPS) is 18.2. The van der Waals surface area contributed by atoms with Crippen LogP contribution in [-0.2, 0) is 11.3 Å². The Morgan fingerprint density at radius 2 is 2.04 bits per heavy atom. The first kappa shape index (κ1) is 16.7. The van der Waals surface area contributed by atoms with Crippen molar-refractivity contribution in [2.24, 2.45) is 0 Å². The lowest BCUT2D eigenvalue weighted by atomic mass is 10.2. The average Bonchev–Trinajstić information content (AvgIpc) is 3.31. The number of rotatable bonds is 5. The van der Waals surface area contributed by atoms with Crippen molar-refractivity contribution in [3.05, 3.63) is 47.6 Å². The molecule has 0 aliphatic carbocycles. The molecular formula is C18H20N4O4. The molecular weight excluding hydrogens is 336 g/mol. The van der Waals surface area contributed by atoms with Crippen molar-refractivity contribution < 1.29 is 18.5 Å². The van der Waals surface area contributed by atoms with Gasteiger partial charge in [-0.15, -0.1) is 0 Å². The molecule has 4 rings (SSSR count). The van der Waals surface area contributed by atoms with Crippen molar-refractivity contribution in [1.82, 2.24) is 20.2 Å². The molecule has 0 N–H and O–H groups in total. The van der Waals surface area contributed by atoms with E-state index in [0.717, 1.165) is 29.3 Å². The third-order valence-electron chi connectivity index (χ3n) is 4.27. The summed E-state index contributed by atoms with van der Waals surface area (Å²) in [5.74, 6) is 2.64. The van der Waals surface area contributed by atoms with Crippen LogP contribution < -0.4 is 4.74 Å². The minimum atomic E-state index is -0.233. The highest BCUT2D eigenvalue weighted by atomic mass is 16.5. The highest BCUT2D eigenvalue weighted by Crippen LogP contribution is 2.25. The number of nitrogens with zero attached hydrogens (tertiary/aromatic N) is 4. The van der Waals surface area contributed by atoms with Gasteiger partial charge in [0.15, 0.2) is 5.76 Å². The van der Waals surface area contributed by atoms with Crippen molar-refractivity contribution in [1.29, 1.82) is 0 Å². The third-order valence-corrected chi connectivity index (χ3v) is 4.27.